The van der Waals surface area contributed by atoms with E-state index < -0.39 is 0 Å². The van der Waals surface area contributed by atoms with Gasteiger partial charge in [0.15, 0.2) is 5.78 Å². The molecular formula is C19H23ClN4O2. The fourth-order valence-electron chi connectivity index (χ4n) is 3.21. The van der Waals surface area contributed by atoms with Gasteiger partial charge in [0.2, 0.25) is 5.95 Å². The van der Waals surface area contributed by atoms with Gasteiger partial charge in [0.1, 0.15) is 5.82 Å². The highest BCUT2D eigenvalue weighted by atomic mass is 35.5. The number of carbonyl (C=O) groups is 1. The van der Waals surface area contributed by atoms with Gasteiger partial charge in [0.05, 0.1) is 12.6 Å². The van der Waals surface area contributed by atoms with Crippen LogP contribution in [-0.4, -0.2) is 35.5 Å². The van der Waals surface area contributed by atoms with E-state index in [4.69, 9.17) is 22.1 Å². The van der Waals surface area contributed by atoms with Crippen LogP contribution in [0.25, 0.3) is 0 Å². The second-order valence-corrected chi connectivity index (χ2v) is 6.78. The minimum absolute atomic E-state index is 0.0890. The molecule has 3 rings (SSSR count). The van der Waals surface area contributed by atoms with Crippen LogP contribution in [0, 0.1) is 6.92 Å². The molecule has 0 spiro atoms. The van der Waals surface area contributed by atoms with Gasteiger partial charge in [0, 0.05) is 41.9 Å². The topological polar surface area (TPSA) is 81.3 Å². The highest BCUT2D eigenvalue weighted by Crippen LogP contribution is 2.34. The number of Topliss-reactive ketones (excluding diaryl/α,β-unsaturated/α-hetero) is 1. The van der Waals surface area contributed by atoms with E-state index in [-0.39, 0.29) is 17.8 Å². The summed E-state index contributed by atoms with van der Waals surface area (Å²) >= 11 is 6.50. The predicted octanol–water partition coefficient (Wildman–Crippen LogP) is 3.58. The van der Waals surface area contributed by atoms with Crippen molar-refractivity contribution in [1.29, 1.82) is 0 Å². The summed E-state index contributed by atoms with van der Waals surface area (Å²) in [5.74, 6) is 1.07. The zero-order chi connectivity index (χ0) is 18.7. The largest absolute Gasteiger partial charge is 0.379 e. The van der Waals surface area contributed by atoms with Crippen molar-refractivity contribution in [3.8, 4) is 0 Å². The Bertz CT molecular complexity index is 792. The number of rotatable bonds is 4. The molecule has 1 aliphatic heterocycles. The molecule has 0 unspecified atom stereocenters. The van der Waals surface area contributed by atoms with E-state index in [2.05, 4.69) is 14.9 Å². The number of anilines is 2. The summed E-state index contributed by atoms with van der Waals surface area (Å²) in [5.41, 5.74) is 8.18. The SMILES string of the molecule is CCC(=O)c1ccc(Cl)c([C@H]2COCCCN2c2cc(C)nc(N)n2)c1. The van der Waals surface area contributed by atoms with Crippen LogP contribution in [-0.2, 0) is 4.74 Å². The van der Waals surface area contributed by atoms with Crippen LogP contribution in [0.15, 0.2) is 24.3 Å². The van der Waals surface area contributed by atoms with Crippen molar-refractivity contribution in [2.75, 3.05) is 30.4 Å². The fraction of sp³-hybridized carbons (Fsp3) is 0.421. The molecule has 1 aromatic heterocycles. The number of nitrogens with two attached hydrogens (primary N) is 1. The second kappa shape index (κ2) is 8.01. The van der Waals surface area contributed by atoms with Gasteiger partial charge in [-0.15, -0.1) is 0 Å². The Morgan fingerprint density at radius 2 is 2.19 bits per heavy atom. The monoisotopic (exact) mass is 374 g/mol. The third kappa shape index (κ3) is 3.97. The number of nitrogens with zero attached hydrogens (tertiary/aromatic N) is 3. The molecule has 0 radical (unpaired) electrons. The maximum absolute atomic E-state index is 12.1. The Morgan fingerprint density at radius 1 is 1.38 bits per heavy atom. The van der Waals surface area contributed by atoms with E-state index in [9.17, 15) is 4.79 Å². The van der Waals surface area contributed by atoms with Crippen LogP contribution in [0.2, 0.25) is 5.02 Å². The van der Waals surface area contributed by atoms with Crippen molar-refractivity contribution in [3.63, 3.8) is 0 Å². The van der Waals surface area contributed by atoms with Crippen molar-refractivity contribution in [2.45, 2.75) is 32.7 Å². The Hall–Kier alpha value is -2.18. The maximum atomic E-state index is 12.1. The molecule has 1 fully saturated rings. The van der Waals surface area contributed by atoms with Crippen LogP contribution in [0.1, 0.15) is 47.4 Å². The summed E-state index contributed by atoms with van der Waals surface area (Å²) in [7, 11) is 0. The van der Waals surface area contributed by atoms with Crippen molar-refractivity contribution in [3.05, 3.63) is 46.1 Å². The number of nitrogen functional groups attached to an aromatic ring is 1. The van der Waals surface area contributed by atoms with Crippen LogP contribution in [0.3, 0.4) is 0 Å². The molecule has 6 nitrogen and oxygen atoms in total. The van der Waals surface area contributed by atoms with Crippen molar-refractivity contribution in [1.82, 2.24) is 9.97 Å². The number of carbonyl (C=O) groups excluding carboxylic acids is 1. The second-order valence-electron chi connectivity index (χ2n) is 6.38. The summed E-state index contributed by atoms with van der Waals surface area (Å²) in [6.45, 7) is 5.62. The van der Waals surface area contributed by atoms with Crippen LogP contribution in [0.5, 0.6) is 0 Å². The predicted molar refractivity (Wildman–Crippen MR) is 103 cm³/mol. The number of ether oxygens (including phenoxy) is 1. The molecule has 2 heterocycles. The zero-order valence-corrected chi connectivity index (χ0v) is 15.8. The standard InChI is InChI=1S/C19H23ClN4O2/c1-3-17(25)13-5-6-15(20)14(10-13)16-11-26-8-4-7-24(16)18-9-12(2)22-19(21)23-18/h5-6,9-10,16H,3-4,7-8,11H2,1-2H3,(H2,21,22,23)/t16-/m1/s1. The van der Waals surface area contributed by atoms with Crippen molar-refractivity contribution >= 4 is 29.2 Å². The Morgan fingerprint density at radius 3 is 2.92 bits per heavy atom. The summed E-state index contributed by atoms with van der Waals surface area (Å²) in [6, 6.07) is 7.18. The first-order chi connectivity index (χ1) is 12.5. The molecule has 0 amide bonds. The van der Waals surface area contributed by atoms with Gasteiger partial charge in [-0.2, -0.15) is 4.98 Å². The lowest BCUT2D eigenvalue weighted by atomic mass is 10.00. The highest BCUT2D eigenvalue weighted by Gasteiger charge is 2.27. The number of aryl methyl sites for hydroxylation is 1. The van der Waals surface area contributed by atoms with Gasteiger partial charge in [-0.05, 0) is 37.1 Å². The first-order valence-electron chi connectivity index (χ1n) is 8.77. The average Bonchev–Trinajstić information content (AvgIpc) is 2.86. The van der Waals surface area contributed by atoms with Gasteiger partial charge in [0.25, 0.3) is 0 Å². The van der Waals surface area contributed by atoms with E-state index in [1.165, 1.54) is 0 Å². The quantitative estimate of drug-likeness (QED) is 0.824. The summed E-state index contributed by atoms with van der Waals surface area (Å²) in [4.78, 5) is 22.8. The molecule has 1 atom stereocenters. The summed E-state index contributed by atoms with van der Waals surface area (Å²) < 4.78 is 5.80. The summed E-state index contributed by atoms with van der Waals surface area (Å²) in [6.07, 6.45) is 1.32. The van der Waals surface area contributed by atoms with Gasteiger partial charge < -0.3 is 15.4 Å². The molecule has 2 N–H and O–H groups in total. The Labute approximate surface area is 158 Å². The first-order valence-corrected chi connectivity index (χ1v) is 9.15. The van der Waals surface area contributed by atoms with Gasteiger partial charge in [-0.3, -0.25) is 4.79 Å². The lowest BCUT2D eigenvalue weighted by molar-refractivity contribution is 0.0987. The fourth-order valence-corrected chi connectivity index (χ4v) is 3.45. The van der Waals surface area contributed by atoms with Crippen molar-refractivity contribution < 1.29 is 9.53 Å². The number of aromatic nitrogens is 2. The van der Waals surface area contributed by atoms with E-state index in [1.54, 1.807) is 12.1 Å². The molecular weight excluding hydrogens is 352 g/mol. The molecule has 7 heteroatoms. The van der Waals surface area contributed by atoms with Crippen LogP contribution < -0.4 is 10.6 Å². The first kappa shape index (κ1) is 18.6. The smallest absolute Gasteiger partial charge is 0.222 e. The van der Waals surface area contributed by atoms with Gasteiger partial charge in [-0.25, -0.2) is 4.98 Å². The average molecular weight is 375 g/mol. The molecule has 1 saturated heterocycles. The Kier molecular flexibility index (Phi) is 5.74. The molecule has 138 valence electrons. The lowest BCUT2D eigenvalue weighted by Crippen LogP contribution is -2.32. The molecule has 26 heavy (non-hydrogen) atoms. The van der Waals surface area contributed by atoms with E-state index in [1.807, 2.05) is 26.0 Å². The van der Waals surface area contributed by atoms with E-state index >= 15 is 0 Å². The summed E-state index contributed by atoms with van der Waals surface area (Å²) in [5, 5.41) is 0.608. The van der Waals surface area contributed by atoms with Crippen molar-refractivity contribution in [2.24, 2.45) is 0 Å². The maximum Gasteiger partial charge on any atom is 0.222 e. The third-order valence-corrected chi connectivity index (χ3v) is 4.83. The van der Waals surface area contributed by atoms with E-state index in [0.29, 0.717) is 30.2 Å². The number of ketones is 1. The third-order valence-electron chi connectivity index (χ3n) is 4.49. The molecule has 1 aliphatic rings. The number of hydrogen-bond donors (Lipinski definition) is 1. The molecule has 0 saturated carbocycles. The molecule has 1 aromatic carbocycles. The minimum Gasteiger partial charge on any atom is -0.379 e. The highest BCUT2D eigenvalue weighted by molar-refractivity contribution is 6.31. The molecule has 0 aliphatic carbocycles. The molecule has 2 aromatic rings. The van der Waals surface area contributed by atoms with E-state index in [0.717, 1.165) is 30.0 Å². The molecule has 0 bridgehead atoms. The van der Waals surface area contributed by atoms with Crippen LogP contribution in [0.4, 0.5) is 11.8 Å². The van der Waals surface area contributed by atoms with Gasteiger partial charge in [-0.1, -0.05) is 18.5 Å². The number of hydrogen-bond acceptors (Lipinski definition) is 6. The Balaban J connectivity index is 2.06. The lowest BCUT2D eigenvalue weighted by Gasteiger charge is -2.31. The normalized spacial score (nSPS) is 17.8. The number of halogens is 1. The number of benzene rings is 1. The van der Waals surface area contributed by atoms with Crippen LogP contribution >= 0.6 is 11.6 Å². The zero-order valence-electron chi connectivity index (χ0n) is 15.0. The van der Waals surface area contributed by atoms with Gasteiger partial charge >= 0.3 is 0 Å². The minimum atomic E-state index is -0.150.